The van der Waals surface area contributed by atoms with Crippen molar-refractivity contribution in [3.63, 3.8) is 0 Å². The van der Waals surface area contributed by atoms with E-state index in [9.17, 15) is 8.42 Å². The van der Waals surface area contributed by atoms with Crippen LogP contribution in [-0.4, -0.2) is 32.7 Å². The van der Waals surface area contributed by atoms with Gasteiger partial charge in [-0.25, -0.2) is 8.42 Å². The molecule has 0 heterocycles. The van der Waals surface area contributed by atoms with E-state index in [1.807, 2.05) is 25.1 Å². The van der Waals surface area contributed by atoms with Crippen LogP contribution in [0.1, 0.15) is 12.5 Å². The van der Waals surface area contributed by atoms with E-state index < -0.39 is 9.84 Å². The van der Waals surface area contributed by atoms with Gasteiger partial charge in [-0.15, -0.1) is 11.8 Å². The zero-order chi connectivity index (χ0) is 13.6. The first kappa shape index (κ1) is 15.8. The van der Waals surface area contributed by atoms with Crippen molar-refractivity contribution in [2.45, 2.75) is 18.4 Å². The third-order valence-electron chi connectivity index (χ3n) is 2.31. The molecule has 0 saturated heterocycles. The van der Waals surface area contributed by atoms with Crippen molar-refractivity contribution in [2.24, 2.45) is 0 Å². The number of nitrogens with one attached hydrogen (secondary N) is 1. The maximum atomic E-state index is 11.0. The van der Waals surface area contributed by atoms with Gasteiger partial charge in [0, 0.05) is 28.5 Å². The van der Waals surface area contributed by atoms with Crippen molar-refractivity contribution < 1.29 is 8.42 Å². The summed E-state index contributed by atoms with van der Waals surface area (Å²) in [6.45, 7) is 3.70. The van der Waals surface area contributed by atoms with Gasteiger partial charge in [-0.3, -0.25) is 0 Å². The van der Waals surface area contributed by atoms with Crippen LogP contribution < -0.4 is 5.32 Å². The number of halogens is 1. The maximum Gasteiger partial charge on any atom is 0.148 e. The van der Waals surface area contributed by atoms with Gasteiger partial charge >= 0.3 is 0 Å². The largest absolute Gasteiger partial charge is 0.313 e. The molecule has 0 saturated carbocycles. The number of hydrogen-bond donors (Lipinski definition) is 1. The summed E-state index contributed by atoms with van der Waals surface area (Å²) < 4.78 is 22.0. The Bertz CT molecular complexity index is 489. The zero-order valence-corrected chi connectivity index (χ0v) is 13.0. The second-order valence-corrected chi connectivity index (χ2v) is 7.85. The van der Waals surface area contributed by atoms with E-state index in [4.69, 9.17) is 11.6 Å². The van der Waals surface area contributed by atoms with E-state index >= 15 is 0 Å². The Hall–Kier alpha value is -0.230. The van der Waals surface area contributed by atoms with Crippen LogP contribution in [-0.2, 0) is 16.4 Å². The van der Waals surface area contributed by atoms with Gasteiger partial charge in [-0.2, -0.15) is 0 Å². The topological polar surface area (TPSA) is 46.2 Å². The molecule has 0 spiro atoms. The summed E-state index contributed by atoms with van der Waals surface area (Å²) in [6.07, 6.45) is 1.25. The molecule has 0 aliphatic carbocycles. The SMILES string of the molecule is CCNCc1ccc(SCCS(C)(=O)=O)cc1Cl. The predicted octanol–water partition coefficient (Wildman–Crippen LogP) is 2.59. The molecule has 0 unspecified atom stereocenters. The molecule has 1 aromatic carbocycles. The van der Waals surface area contributed by atoms with Crippen LogP contribution in [0, 0.1) is 0 Å². The van der Waals surface area contributed by atoms with Crippen LogP contribution in [0.3, 0.4) is 0 Å². The van der Waals surface area contributed by atoms with Crippen molar-refractivity contribution in [3.05, 3.63) is 28.8 Å². The number of sulfone groups is 1. The average Bonchev–Trinajstić information content (AvgIpc) is 2.26. The molecular weight excluding hydrogens is 290 g/mol. The second-order valence-electron chi connectivity index (χ2n) is 4.01. The van der Waals surface area contributed by atoms with Crippen molar-refractivity contribution in [1.29, 1.82) is 0 Å². The van der Waals surface area contributed by atoms with Crippen LogP contribution in [0.5, 0.6) is 0 Å². The average molecular weight is 308 g/mol. The number of hydrogen-bond acceptors (Lipinski definition) is 4. The second kappa shape index (κ2) is 7.38. The lowest BCUT2D eigenvalue weighted by Crippen LogP contribution is -2.11. The fraction of sp³-hybridized carbons (Fsp3) is 0.500. The first-order chi connectivity index (χ1) is 8.42. The summed E-state index contributed by atoms with van der Waals surface area (Å²) in [5.74, 6) is 0.746. The summed E-state index contributed by atoms with van der Waals surface area (Å²) in [6, 6.07) is 5.85. The van der Waals surface area contributed by atoms with E-state index in [2.05, 4.69) is 5.32 Å². The predicted molar refractivity (Wildman–Crippen MR) is 79.3 cm³/mol. The maximum absolute atomic E-state index is 11.0. The number of rotatable bonds is 7. The molecule has 0 aliphatic rings. The zero-order valence-electron chi connectivity index (χ0n) is 10.6. The molecule has 0 aromatic heterocycles. The molecule has 1 N–H and O–H groups in total. The van der Waals surface area contributed by atoms with Crippen molar-refractivity contribution >= 4 is 33.2 Å². The van der Waals surface area contributed by atoms with E-state index in [0.717, 1.165) is 28.6 Å². The minimum absolute atomic E-state index is 0.189. The molecular formula is C12H18ClNO2S2. The van der Waals surface area contributed by atoms with Crippen molar-refractivity contribution in [3.8, 4) is 0 Å². The highest BCUT2D eigenvalue weighted by molar-refractivity contribution is 8.00. The Kier molecular flexibility index (Phi) is 6.49. The normalized spacial score (nSPS) is 11.7. The number of benzene rings is 1. The van der Waals surface area contributed by atoms with E-state index in [0.29, 0.717) is 5.75 Å². The smallest absolute Gasteiger partial charge is 0.148 e. The minimum Gasteiger partial charge on any atom is -0.313 e. The quantitative estimate of drug-likeness (QED) is 0.787. The third-order valence-corrected chi connectivity index (χ3v) is 4.86. The van der Waals surface area contributed by atoms with Crippen LogP contribution in [0.15, 0.2) is 23.1 Å². The van der Waals surface area contributed by atoms with Gasteiger partial charge in [0.05, 0.1) is 5.75 Å². The standard InChI is InChI=1S/C12H18ClNO2S2/c1-3-14-9-10-4-5-11(8-12(10)13)17-6-7-18(2,15)16/h4-5,8,14H,3,6-7,9H2,1-2H3. The van der Waals surface area contributed by atoms with Crippen LogP contribution in [0.2, 0.25) is 5.02 Å². The van der Waals surface area contributed by atoms with Crippen LogP contribution in [0.25, 0.3) is 0 Å². The van der Waals surface area contributed by atoms with Gasteiger partial charge in [0.15, 0.2) is 0 Å². The lowest BCUT2D eigenvalue weighted by molar-refractivity contribution is 0.603. The molecule has 18 heavy (non-hydrogen) atoms. The van der Waals surface area contributed by atoms with Gasteiger partial charge in [-0.05, 0) is 24.2 Å². The Balaban J connectivity index is 2.56. The molecule has 1 aromatic rings. The van der Waals surface area contributed by atoms with E-state index in [-0.39, 0.29) is 5.75 Å². The fourth-order valence-electron chi connectivity index (χ4n) is 1.33. The van der Waals surface area contributed by atoms with Crippen LogP contribution >= 0.6 is 23.4 Å². The van der Waals surface area contributed by atoms with Crippen LogP contribution in [0.4, 0.5) is 0 Å². The minimum atomic E-state index is -2.89. The monoisotopic (exact) mass is 307 g/mol. The van der Waals surface area contributed by atoms with Crippen molar-refractivity contribution in [1.82, 2.24) is 5.32 Å². The molecule has 0 atom stereocenters. The Labute approximate surface area is 118 Å². The Morgan fingerprint density at radius 3 is 2.67 bits per heavy atom. The highest BCUT2D eigenvalue weighted by atomic mass is 35.5. The molecule has 3 nitrogen and oxygen atoms in total. The lowest BCUT2D eigenvalue weighted by atomic mass is 10.2. The molecule has 0 fully saturated rings. The first-order valence-corrected chi connectivity index (χ1v) is 9.14. The highest BCUT2D eigenvalue weighted by Crippen LogP contribution is 2.25. The molecule has 102 valence electrons. The summed E-state index contributed by atoms with van der Waals surface area (Å²) in [7, 11) is -2.89. The summed E-state index contributed by atoms with van der Waals surface area (Å²) in [4.78, 5) is 1.00. The molecule has 0 aliphatic heterocycles. The first-order valence-electron chi connectivity index (χ1n) is 5.72. The molecule has 6 heteroatoms. The van der Waals surface area contributed by atoms with Crippen molar-refractivity contribution in [2.75, 3.05) is 24.3 Å². The fourth-order valence-corrected chi connectivity index (χ4v) is 3.79. The highest BCUT2D eigenvalue weighted by Gasteiger charge is 2.05. The van der Waals surface area contributed by atoms with Gasteiger partial charge in [-0.1, -0.05) is 24.6 Å². The van der Waals surface area contributed by atoms with E-state index in [1.54, 1.807) is 0 Å². The molecule has 1 rings (SSSR count). The van der Waals surface area contributed by atoms with Gasteiger partial charge in [0.2, 0.25) is 0 Å². The van der Waals surface area contributed by atoms with Gasteiger partial charge in [0.1, 0.15) is 9.84 Å². The molecule has 0 bridgehead atoms. The summed E-state index contributed by atoms with van der Waals surface area (Å²) in [5.41, 5.74) is 1.06. The lowest BCUT2D eigenvalue weighted by Gasteiger charge is -2.07. The number of thioether (sulfide) groups is 1. The summed E-state index contributed by atoms with van der Waals surface area (Å²) >= 11 is 7.67. The van der Waals surface area contributed by atoms with E-state index in [1.165, 1.54) is 18.0 Å². The summed E-state index contributed by atoms with van der Waals surface area (Å²) in [5, 5.41) is 3.94. The Morgan fingerprint density at radius 2 is 2.11 bits per heavy atom. The van der Waals surface area contributed by atoms with Gasteiger partial charge in [0.25, 0.3) is 0 Å². The third kappa shape index (κ3) is 6.09. The van der Waals surface area contributed by atoms with Gasteiger partial charge < -0.3 is 5.32 Å². The molecule has 0 amide bonds. The Morgan fingerprint density at radius 1 is 1.39 bits per heavy atom. The molecule has 0 radical (unpaired) electrons.